The molecule has 14 heavy (non-hydrogen) atoms. The monoisotopic (exact) mass is 194 g/mol. The van der Waals surface area contributed by atoms with Gasteiger partial charge < -0.3 is 0 Å². The minimum Gasteiger partial charge on any atom is -0.100 e. The molecule has 0 amide bonds. The normalized spacial score (nSPS) is 14.9. The molecule has 0 aromatic rings. The molecule has 0 heteroatoms. The van der Waals surface area contributed by atoms with Crippen LogP contribution in [0.15, 0.2) is 24.3 Å². The Balaban J connectivity index is 3.69. The van der Waals surface area contributed by atoms with Gasteiger partial charge in [0.1, 0.15) is 0 Å². The van der Waals surface area contributed by atoms with Gasteiger partial charge in [0.15, 0.2) is 0 Å². The van der Waals surface area contributed by atoms with E-state index in [-0.39, 0.29) is 0 Å². The summed E-state index contributed by atoms with van der Waals surface area (Å²) in [6, 6.07) is 0. The highest BCUT2D eigenvalue weighted by molar-refractivity contribution is 4.90. The van der Waals surface area contributed by atoms with E-state index in [0.717, 1.165) is 11.8 Å². The van der Waals surface area contributed by atoms with E-state index in [0.29, 0.717) is 0 Å². The van der Waals surface area contributed by atoms with Crippen LogP contribution in [-0.2, 0) is 0 Å². The van der Waals surface area contributed by atoms with Gasteiger partial charge >= 0.3 is 0 Å². The van der Waals surface area contributed by atoms with Crippen LogP contribution in [0.1, 0.15) is 53.4 Å². The second-order valence-corrected chi connectivity index (χ2v) is 4.95. The van der Waals surface area contributed by atoms with Crippen molar-refractivity contribution in [3.8, 4) is 0 Å². The van der Waals surface area contributed by atoms with E-state index in [1.165, 1.54) is 36.8 Å². The standard InChI is InChI=1S/C14H26/c1-11(2)7-9-13(5)14(6)10-8-12(3)4/h13-14H,1,3,7-10H2,2,4-6H3. The van der Waals surface area contributed by atoms with Gasteiger partial charge in [0.25, 0.3) is 0 Å². The fourth-order valence-corrected chi connectivity index (χ4v) is 1.52. The maximum Gasteiger partial charge on any atom is -0.0323 e. The summed E-state index contributed by atoms with van der Waals surface area (Å²) in [6.45, 7) is 16.8. The third-order valence-corrected chi connectivity index (χ3v) is 3.02. The number of rotatable bonds is 7. The molecule has 0 heterocycles. The minimum atomic E-state index is 0.811. The summed E-state index contributed by atoms with van der Waals surface area (Å²) < 4.78 is 0. The fraction of sp³-hybridized carbons (Fsp3) is 0.714. The smallest absolute Gasteiger partial charge is 0.0323 e. The lowest BCUT2D eigenvalue weighted by molar-refractivity contribution is 0.344. The third-order valence-electron chi connectivity index (χ3n) is 3.02. The summed E-state index contributed by atoms with van der Waals surface area (Å²) in [6.07, 6.45) is 4.93. The van der Waals surface area contributed by atoms with E-state index in [1.807, 2.05) is 0 Å². The van der Waals surface area contributed by atoms with Gasteiger partial charge in [0.05, 0.1) is 0 Å². The van der Waals surface area contributed by atoms with E-state index in [4.69, 9.17) is 0 Å². The molecule has 0 aliphatic rings. The summed E-state index contributed by atoms with van der Waals surface area (Å²) in [7, 11) is 0. The molecule has 0 aliphatic carbocycles. The van der Waals surface area contributed by atoms with Crippen LogP contribution in [0.3, 0.4) is 0 Å². The van der Waals surface area contributed by atoms with Crippen LogP contribution in [0.4, 0.5) is 0 Å². The Bertz CT molecular complexity index is 166. The maximum atomic E-state index is 3.95. The first-order valence-electron chi connectivity index (χ1n) is 5.72. The first kappa shape index (κ1) is 13.5. The summed E-state index contributed by atoms with van der Waals surface area (Å²) in [4.78, 5) is 0. The molecule has 0 bridgehead atoms. The van der Waals surface area contributed by atoms with Crippen molar-refractivity contribution in [1.29, 1.82) is 0 Å². The number of hydrogen-bond acceptors (Lipinski definition) is 0. The molecule has 0 aliphatic heterocycles. The zero-order chi connectivity index (χ0) is 11.1. The summed E-state index contributed by atoms with van der Waals surface area (Å²) in [5.74, 6) is 1.62. The quantitative estimate of drug-likeness (QED) is 0.502. The van der Waals surface area contributed by atoms with E-state index in [2.05, 4.69) is 40.9 Å². The Morgan fingerprint density at radius 3 is 1.36 bits per heavy atom. The summed E-state index contributed by atoms with van der Waals surface area (Å²) in [5, 5.41) is 0. The molecule has 0 N–H and O–H groups in total. The number of allylic oxidation sites excluding steroid dienone is 2. The van der Waals surface area contributed by atoms with Crippen molar-refractivity contribution in [2.75, 3.05) is 0 Å². The molecular formula is C14H26. The first-order chi connectivity index (χ1) is 6.43. The van der Waals surface area contributed by atoms with Crippen molar-refractivity contribution in [2.45, 2.75) is 53.4 Å². The highest BCUT2D eigenvalue weighted by Gasteiger charge is 2.11. The van der Waals surface area contributed by atoms with Gasteiger partial charge in [-0.05, 0) is 51.4 Å². The Labute approximate surface area is 90.1 Å². The molecule has 2 unspecified atom stereocenters. The van der Waals surface area contributed by atoms with Gasteiger partial charge in [0.2, 0.25) is 0 Å². The van der Waals surface area contributed by atoms with Crippen molar-refractivity contribution in [1.82, 2.24) is 0 Å². The summed E-state index contributed by atoms with van der Waals surface area (Å²) in [5.41, 5.74) is 2.62. The van der Waals surface area contributed by atoms with E-state index in [9.17, 15) is 0 Å². The van der Waals surface area contributed by atoms with Crippen LogP contribution >= 0.6 is 0 Å². The molecule has 0 rings (SSSR count). The Morgan fingerprint density at radius 2 is 1.14 bits per heavy atom. The second-order valence-electron chi connectivity index (χ2n) is 4.95. The zero-order valence-corrected chi connectivity index (χ0v) is 10.4. The fourth-order valence-electron chi connectivity index (χ4n) is 1.52. The lowest BCUT2D eigenvalue weighted by Gasteiger charge is -2.19. The van der Waals surface area contributed by atoms with Crippen LogP contribution in [0.2, 0.25) is 0 Å². The Morgan fingerprint density at radius 1 is 0.857 bits per heavy atom. The van der Waals surface area contributed by atoms with Crippen LogP contribution in [0.5, 0.6) is 0 Å². The topological polar surface area (TPSA) is 0 Å². The molecule has 0 spiro atoms. The molecule has 0 aromatic carbocycles. The van der Waals surface area contributed by atoms with Gasteiger partial charge in [-0.2, -0.15) is 0 Å². The third kappa shape index (κ3) is 6.94. The average Bonchev–Trinajstić information content (AvgIpc) is 2.09. The molecule has 0 aromatic heterocycles. The van der Waals surface area contributed by atoms with E-state index in [1.54, 1.807) is 0 Å². The SMILES string of the molecule is C=C(C)CCC(C)C(C)CCC(=C)C. The minimum absolute atomic E-state index is 0.811. The van der Waals surface area contributed by atoms with Crippen LogP contribution < -0.4 is 0 Å². The van der Waals surface area contributed by atoms with Crippen molar-refractivity contribution in [3.05, 3.63) is 24.3 Å². The molecular weight excluding hydrogens is 168 g/mol. The van der Waals surface area contributed by atoms with Crippen molar-refractivity contribution >= 4 is 0 Å². The van der Waals surface area contributed by atoms with Gasteiger partial charge in [-0.3, -0.25) is 0 Å². The lowest BCUT2D eigenvalue weighted by atomic mass is 9.86. The molecule has 0 radical (unpaired) electrons. The van der Waals surface area contributed by atoms with Gasteiger partial charge in [-0.15, -0.1) is 13.2 Å². The average molecular weight is 194 g/mol. The van der Waals surface area contributed by atoms with Crippen LogP contribution in [-0.4, -0.2) is 0 Å². The lowest BCUT2D eigenvalue weighted by Crippen LogP contribution is -2.08. The molecule has 0 nitrogen and oxygen atoms in total. The highest BCUT2D eigenvalue weighted by Crippen LogP contribution is 2.23. The Hall–Kier alpha value is -0.520. The van der Waals surface area contributed by atoms with Crippen molar-refractivity contribution < 1.29 is 0 Å². The van der Waals surface area contributed by atoms with Crippen molar-refractivity contribution in [2.24, 2.45) is 11.8 Å². The maximum absolute atomic E-state index is 3.95. The van der Waals surface area contributed by atoms with E-state index < -0.39 is 0 Å². The first-order valence-corrected chi connectivity index (χ1v) is 5.72. The second kappa shape index (κ2) is 6.86. The molecule has 0 saturated heterocycles. The molecule has 2 atom stereocenters. The highest BCUT2D eigenvalue weighted by atomic mass is 14.2. The number of hydrogen-bond donors (Lipinski definition) is 0. The Kier molecular flexibility index (Phi) is 6.61. The molecule has 0 saturated carbocycles. The van der Waals surface area contributed by atoms with Crippen LogP contribution in [0, 0.1) is 11.8 Å². The molecule has 82 valence electrons. The van der Waals surface area contributed by atoms with Gasteiger partial charge in [0, 0.05) is 0 Å². The molecule has 0 fully saturated rings. The largest absolute Gasteiger partial charge is 0.100 e. The summed E-state index contributed by atoms with van der Waals surface area (Å²) >= 11 is 0. The predicted molar refractivity (Wildman–Crippen MR) is 66.4 cm³/mol. The van der Waals surface area contributed by atoms with E-state index >= 15 is 0 Å². The van der Waals surface area contributed by atoms with Crippen LogP contribution in [0.25, 0.3) is 0 Å². The van der Waals surface area contributed by atoms with Gasteiger partial charge in [-0.25, -0.2) is 0 Å². The van der Waals surface area contributed by atoms with Crippen molar-refractivity contribution in [3.63, 3.8) is 0 Å². The predicted octanol–water partition coefficient (Wildman–Crippen LogP) is 4.97. The van der Waals surface area contributed by atoms with Gasteiger partial charge in [-0.1, -0.05) is 25.0 Å². The zero-order valence-electron chi connectivity index (χ0n) is 10.4.